The van der Waals surface area contributed by atoms with Crippen LogP contribution >= 0.6 is 0 Å². The Hall–Kier alpha value is -0.570. The molecule has 0 aromatic carbocycles. The van der Waals surface area contributed by atoms with Crippen LogP contribution in [0, 0.1) is 5.92 Å². The number of nitrogens with one attached hydrogen (secondary N) is 1. The van der Waals surface area contributed by atoms with Crippen molar-refractivity contribution in [3.8, 4) is 0 Å². The fourth-order valence-corrected chi connectivity index (χ4v) is 1.86. The van der Waals surface area contributed by atoms with Crippen LogP contribution in [0.25, 0.3) is 0 Å². The first-order valence-electron chi connectivity index (χ1n) is 5.74. The van der Waals surface area contributed by atoms with Gasteiger partial charge in [0.15, 0.2) is 0 Å². The van der Waals surface area contributed by atoms with E-state index in [2.05, 4.69) is 12.2 Å². The highest BCUT2D eigenvalue weighted by molar-refractivity contribution is 5.78. The highest BCUT2D eigenvalue weighted by Crippen LogP contribution is 2.32. The zero-order valence-corrected chi connectivity index (χ0v) is 9.55. The van der Waals surface area contributed by atoms with Gasteiger partial charge in [0.2, 0.25) is 5.91 Å². The highest BCUT2D eigenvalue weighted by atomic mass is 16.2. The quantitative estimate of drug-likeness (QED) is 0.696. The second-order valence-corrected chi connectivity index (χ2v) is 3.96. The molecule has 0 aliphatic heterocycles. The van der Waals surface area contributed by atoms with Gasteiger partial charge in [0.1, 0.15) is 0 Å². The predicted octanol–water partition coefficient (Wildman–Crippen LogP) is 1.24. The number of likely N-dealkylation sites (N-methyl/N-ethyl adjacent to an activating group) is 1. The van der Waals surface area contributed by atoms with Crippen molar-refractivity contribution in [3.05, 3.63) is 0 Å². The van der Waals surface area contributed by atoms with Crippen molar-refractivity contribution in [3.63, 3.8) is 0 Å². The Labute approximate surface area is 86.9 Å². The maximum absolute atomic E-state index is 11.6. The van der Waals surface area contributed by atoms with Gasteiger partial charge in [0.05, 0.1) is 6.54 Å². The topological polar surface area (TPSA) is 32.3 Å². The third kappa shape index (κ3) is 2.98. The van der Waals surface area contributed by atoms with Crippen LogP contribution in [0.4, 0.5) is 0 Å². The molecule has 1 saturated carbocycles. The Bertz CT molecular complexity index is 190. The number of nitrogens with zero attached hydrogens (tertiary/aromatic N) is 1. The predicted molar refractivity (Wildman–Crippen MR) is 58.1 cm³/mol. The highest BCUT2D eigenvalue weighted by Gasteiger charge is 2.35. The second-order valence-electron chi connectivity index (χ2n) is 3.96. The van der Waals surface area contributed by atoms with Crippen LogP contribution in [-0.4, -0.2) is 36.5 Å². The summed E-state index contributed by atoms with van der Waals surface area (Å²) in [5.74, 6) is 1.05. The van der Waals surface area contributed by atoms with Crippen LogP contribution in [0.5, 0.6) is 0 Å². The summed E-state index contributed by atoms with van der Waals surface area (Å²) in [6.07, 6.45) is 2.49. The first-order valence-corrected chi connectivity index (χ1v) is 5.74. The largest absolute Gasteiger partial charge is 0.342 e. The van der Waals surface area contributed by atoms with Gasteiger partial charge in [0, 0.05) is 19.1 Å². The molecule has 14 heavy (non-hydrogen) atoms. The van der Waals surface area contributed by atoms with Crippen LogP contribution in [0.2, 0.25) is 0 Å². The average Bonchev–Trinajstić information content (AvgIpc) is 2.95. The fourth-order valence-electron chi connectivity index (χ4n) is 1.86. The summed E-state index contributed by atoms with van der Waals surface area (Å²) in [5.41, 5.74) is 0. The van der Waals surface area contributed by atoms with Crippen molar-refractivity contribution < 1.29 is 4.79 Å². The number of hydrogen-bond donors (Lipinski definition) is 1. The lowest BCUT2D eigenvalue weighted by Gasteiger charge is -2.18. The second kappa shape index (κ2) is 5.35. The summed E-state index contributed by atoms with van der Waals surface area (Å²) < 4.78 is 0. The molecule has 0 aromatic rings. The average molecular weight is 198 g/mol. The molecule has 1 amide bonds. The summed E-state index contributed by atoms with van der Waals surface area (Å²) in [4.78, 5) is 13.5. The SMILES string of the molecule is CCC1CC1NCC(=O)N(CC)CC. The van der Waals surface area contributed by atoms with Crippen molar-refractivity contribution in [2.24, 2.45) is 5.92 Å². The zero-order chi connectivity index (χ0) is 10.6. The molecule has 1 N–H and O–H groups in total. The van der Waals surface area contributed by atoms with Crippen LogP contribution in [-0.2, 0) is 4.79 Å². The summed E-state index contributed by atoms with van der Waals surface area (Å²) in [7, 11) is 0. The van der Waals surface area contributed by atoms with E-state index in [9.17, 15) is 4.79 Å². The van der Waals surface area contributed by atoms with Gasteiger partial charge in [0.25, 0.3) is 0 Å². The van der Waals surface area contributed by atoms with E-state index in [4.69, 9.17) is 0 Å². The number of carbonyl (C=O) groups excluding carboxylic acids is 1. The Morgan fingerprint density at radius 3 is 2.43 bits per heavy atom. The van der Waals surface area contributed by atoms with E-state index in [-0.39, 0.29) is 5.91 Å². The van der Waals surface area contributed by atoms with Crippen LogP contribution < -0.4 is 5.32 Å². The van der Waals surface area contributed by atoms with Crippen LogP contribution in [0.15, 0.2) is 0 Å². The van der Waals surface area contributed by atoms with Crippen molar-refractivity contribution in [2.75, 3.05) is 19.6 Å². The summed E-state index contributed by atoms with van der Waals surface area (Å²) in [6.45, 7) is 8.40. The lowest BCUT2D eigenvalue weighted by molar-refractivity contribution is -0.129. The fraction of sp³-hybridized carbons (Fsp3) is 0.909. The molecular weight excluding hydrogens is 176 g/mol. The molecular formula is C11H22N2O. The number of carbonyl (C=O) groups is 1. The number of rotatable bonds is 6. The van der Waals surface area contributed by atoms with Gasteiger partial charge in [-0.05, 0) is 26.2 Å². The summed E-state index contributed by atoms with van der Waals surface area (Å²) in [6, 6.07) is 0.611. The first-order chi connectivity index (χ1) is 6.72. The van der Waals surface area contributed by atoms with Crippen molar-refractivity contribution in [2.45, 2.75) is 39.7 Å². The summed E-state index contributed by atoms with van der Waals surface area (Å²) >= 11 is 0. The normalized spacial score (nSPS) is 24.8. The van der Waals surface area contributed by atoms with Gasteiger partial charge in [-0.1, -0.05) is 13.3 Å². The maximum Gasteiger partial charge on any atom is 0.236 e. The van der Waals surface area contributed by atoms with Gasteiger partial charge < -0.3 is 10.2 Å². The monoisotopic (exact) mass is 198 g/mol. The molecule has 0 aromatic heterocycles. The first kappa shape index (κ1) is 11.5. The molecule has 2 unspecified atom stereocenters. The Balaban J connectivity index is 2.15. The van der Waals surface area contributed by atoms with E-state index < -0.39 is 0 Å². The van der Waals surface area contributed by atoms with Crippen LogP contribution in [0.1, 0.15) is 33.6 Å². The molecule has 0 saturated heterocycles. The number of hydrogen-bond acceptors (Lipinski definition) is 2. The summed E-state index contributed by atoms with van der Waals surface area (Å²) in [5, 5.41) is 3.32. The van der Waals surface area contributed by atoms with E-state index in [0.29, 0.717) is 12.6 Å². The standard InChI is InChI=1S/C11H22N2O/c1-4-9-7-10(9)12-8-11(14)13(5-2)6-3/h9-10,12H,4-8H2,1-3H3. The molecule has 3 heteroatoms. The zero-order valence-electron chi connectivity index (χ0n) is 9.55. The lowest BCUT2D eigenvalue weighted by Crippen LogP contribution is -2.38. The third-order valence-electron chi connectivity index (χ3n) is 3.08. The maximum atomic E-state index is 11.6. The Kier molecular flexibility index (Phi) is 4.39. The van der Waals surface area contributed by atoms with E-state index in [0.717, 1.165) is 19.0 Å². The van der Waals surface area contributed by atoms with Crippen molar-refractivity contribution >= 4 is 5.91 Å². The van der Waals surface area contributed by atoms with Crippen molar-refractivity contribution in [1.29, 1.82) is 0 Å². The smallest absolute Gasteiger partial charge is 0.236 e. The van der Waals surface area contributed by atoms with Gasteiger partial charge in [-0.3, -0.25) is 4.79 Å². The van der Waals surface area contributed by atoms with Gasteiger partial charge in [-0.15, -0.1) is 0 Å². The molecule has 3 nitrogen and oxygen atoms in total. The van der Waals surface area contributed by atoms with Gasteiger partial charge >= 0.3 is 0 Å². The minimum atomic E-state index is 0.233. The minimum absolute atomic E-state index is 0.233. The van der Waals surface area contributed by atoms with Gasteiger partial charge in [-0.2, -0.15) is 0 Å². The minimum Gasteiger partial charge on any atom is -0.342 e. The van der Waals surface area contributed by atoms with Gasteiger partial charge in [-0.25, -0.2) is 0 Å². The van der Waals surface area contributed by atoms with E-state index in [1.165, 1.54) is 12.8 Å². The molecule has 1 fully saturated rings. The van der Waals surface area contributed by atoms with E-state index in [1.54, 1.807) is 0 Å². The molecule has 1 aliphatic carbocycles. The molecule has 2 atom stereocenters. The molecule has 0 radical (unpaired) electrons. The Morgan fingerprint density at radius 2 is 2.00 bits per heavy atom. The van der Waals surface area contributed by atoms with Crippen LogP contribution in [0.3, 0.4) is 0 Å². The lowest BCUT2D eigenvalue weighted by atomic mass is 10.3. The molecule has 0 bridgehead atoms. The molecule has 82 valence electrons. The number of amides is 1. The third-order valence-corrected chi connectivity index (χ3v) is 3.08. The van der Waals surface area contributed by atoms with E-state index in [1.807, 2.05) is 18.7 Å². The van der Waals surface area contributed by atoms with E-state index >= 15 is 0 Å². The Morgan fingerprint density at radius 1 is 1.36 bits per heavy atom. The van der Waals surface area contributed by atoms with Crippen molar-refractivity contribution in [1.82, 2.24) is 10.2 Å². The molecule has 0 spiro atoms. The molecule has 0 heterocycles. The molecule has 1 aliphatic rings. The molecule has 1 rings (SSSR count).